The number of allylic oxidation sites excluding steroid dienone is 1. The fraction of sp³-hybridized carbons (Fsp3) is 0.538. The topological polar surface area (TPSA) is 139 Å². The first-order chi connectivity index (χ1) is 16.3. The highest BCUT2D eigenvalue weighted by atomic mass is 16.6. The van der Waals surface area contributed by atoms with Gasteiger partial charge in [0.1, 0.15) is 11.6 Å². The van der Waals surface area contributed by atoms with Crippen LogP contribution in [0, 0.1) is 5.92 Å². The zero-order chi connectivity index (χ0) is 25.9. The largest absolute Gasteiger partial charge is 0.481 e. The van der Waals surface area contributed by atoms with Crippen LogP contribution in [0.2, 0.25) is 0 Å². The van der Waals surface area contributed by atoms with Gasteiger partial charge in [-0.05, 0) is 76.0 Å². The second kappa shape index (κ2) is 10.5. The van der Waals surface area contributed by atoms with E-state index < -0.39 is 29.6 Å². The smallest absolute Gasteiger partial charge is 0.407 e. The van der Waals surface area contributed by atoms with E-state index in [1.807, 2.05) is 32.9 Å². The molecule has 1 aromatic rings. The molecule has 2 aliphatic rings. The van der Waals surface area contributed by atoms with Crippen molar-refractivity contribution in [3.63, 3.8) is 0 Å². The fourth-order valence-electron chi connectivity index (χ4n) is 4.86. The van der Waals surface area contributed by atoms with Crippen LogP contribution in [0.25, 0.3) is 0 Å². The van der Waals surface area contributed by atoms with Crippen molar-refractivity contribution in [2.24, 2.45) is 11.7 Å². The van der Waals surface area contributed by atoms with Gasteiger partial charge in [-0.25, -0.2) is 4.79 Å². The number of primary amides is 1. The van der Waals surface area contributed by atoms with E-state index in [0.717, 1.165) is 36.0 Å². The quantitative estimate of drug-likeness (QED) is 0.484. The van der Waals surface area contributed by atoms with Gasteiger partial charge in [-0.3, -0.25) is 14.4 Å². The van der Waals surface area contributed by atoms with Gasteiger partial charge < -0.3 is 25.8 Å². The highest BCUT2D eigenvalue weighted by Crippen LogP contribution is 2.33. The van der Waals surface area contributed by atoms with Crippen molar-refractivity contribution in [2.45, 2.75) is 83.5 Å². The summed E-state index contributed by atoms with van der Waals surface area (Å²) in [6, 6.07) is 4.55. The van der Waals surface area contributed by atoms with Crippen LogP contribution in [0.15, 0.2) is 30.4 Å². The first kappa shape index (κ1) is 26.2. The molecule has 0 saturated heterocycles. The summed E-state index contributed by atoms with van der Waals surface area (Å²) < 4.78 is 5.44. The summed E-state index contributed by atoms with van der Waals surface area (Å²) in [7, 11) is 0. The Labute approximate surface area is 205 Å². The molecule has 9 heteroatoms. The molecule has 1 aliphatic carbocycles. The third kappa shape index (κ3) is 6.83. The van der Waals surface area contributed by atoms with E-state index in [1.165, 1.54) is 4.90 Å². The predicted molar refractivity (Wildman–Crippen MR) is 130 cm³/mol. The number of alkyl carbamates (subject to hydrolysis) is 1. The van der Waals surface area contributed by atoms with Gasteiger partial charge in [-0.2, -0.15) is 0 Å². The van der Waals surface area contributed by atoms with Crippen molar-refractivity contribution in [3.8, 4) is 0 Å². The summed E-state index contributed by atoms with van der Waals surface area (Å²) in [6.07, 6.45) is 2.37. The van der Waals surface area contributed by atoms with Crippen molar-refractivity contribution in [1.82, 2.24) is 10.2 Å². The maximum atomic E-state index is 12.9. The number of carboxylic acids is 1. The number of nitrogens with zero attached hydrogens (tertiary/aromatic N) is 1. The standard InChI is InChI=1S/C26H35N3O6/c1-15-5-8-20(28-25(34)35-26(2,3)4)17(11-15)12-16-6-7-19-18(13-16)14-29(24(19)33)21(23(27)32)9-10-22(30)31/h6-7,13,17,20-21H,1,5,8-12,14H2,2-4H3,(H2,27,32)(H,28,34)(H,30,31)/t17-,20+,21+/m1/s1. The Kier molecular flexibility index (Phi) is 7.87. The highest BCUT2D eigenvalue weighted by molar-refractivity contribution is 6.01. The van der Waals surface area contributed by atoms with Crippen molar-refractivity contribution in [1.29, 1.82) is 0 Å². The number of rotatable bonds is 8. The minimum atomic E-state index is -1.05. The molecule has 0 aromatic heterocycles. The van der Waals surface area contributed by atoms with E-state index in [-0.39, 0.29) is 37.3 Å². The lowest BCUT2D eigenvalue weighted by molar-refractivity contribution is -0.137. The van der Waals surface area contributed by atoms with E-state index in [9.17, 15) is 19.2 Å². The first-order valence-corrected chi connectivity index (χ1v) is 11.9. The van der Waals surface area contributed by atoms with Crippen LogP contribution in [0.3, 0.4) is 0 Å². The Bertz CT molecular complexity index is 1030. The molecular weight excluding hydrogens is 450 g/mol. The maximum Gasteiger partial charge on any atom is 0.407 e. The molecule has 0 radical (unpaired) electrons. The van der Waals surface area contributed by atoms with Crippen molar-refractivity contribution < 1.29 is 29.0 Å². The molecule has 1 aliphatic heterocycles. The van der Waals surface area contributed by atoms with Gasteiger partial charge in [0.15, 0.2) is 0 Å². The number of aliphatic carboxylic acids is 1. The molecule has 1 fully saturated rings. The maximum absolute atomic E-state index is 12.9. The third-order valence-electron chi connectivity index (χ3n) is 6.47. The van der Waals surface area contributed by atoms with Gasteiger partial charge in [0, 0.05) is 24.6 Å². The molecule has 190 valence electrons. The summed E-state index contributed by atoms with van der Waals surface area (Å²) in [6.45, 7) is 9.82. The molecule has 0 unspecified atom stereocenters. The number of amides is 3. The monoisotopic (exact) mass is 485 g/mol. The Morgan fingerprint density at radius 3 is 2.66 bits per heavy atom. The molecule has 1 heterocycles. The number of hydrogen-bond donors (Lipinski definition) is 3. The number of carbonyl (C=O) groups excluding carboxylic acids is 3. The number of hydrogen-bond acceptors (Lipinski definition) is 5. The molecule has 4 N–H and O–H groups in total. The van der Waals surface area contributed by atoms with Crippen LogP contribution in [-0.2, 0) is 27.3 Å². The summed E-state index contributed by atoms with van der Waals surface area (Å²) in [4.78, 5) is 49.6. The van der Waals surface area contributed by atoms with Crippen LogP contribution >= 0.6 is 0 Å². The molecule has 0 spiro atoms. The number of carbonyl (C=O) groups is 4. The normalized spacial score (nSPS) is 20.8. The van der Waals surface area contributed by atoms with E-state index in [4.69, 9.17) is 15.6 Å². The second-order valence-electron chi connectivity index (χ2n) is 10.5. The summed E-state index contributed by atoms with van der Waals surface area (Å²) in [5.74, 6) is -1.96. The average Bonchev–Trinajstić information content (AvgIpc) is 3.04. The Balaban J connectivity index is 1.73. The van der Waals surface area contributed by atoms with E-state index in [1.54, 1.807) is 6.07 Å². The zero-order valence-corrected chi connectivity index (χ0v) is 20.6. The summed E-state index contributed by atoms with van der Waals surface area (Å²) in [5, 5.41) is 12.0. The molecule has 9 nitrogen and oxygen atoms in total. The predicted octanol–water partition coefficient (Wildman–Crippen LogP) is 3.15. The minimum absolute atomic E-state index is 0.0283. The van der Waals surface area contributed by atoms with Gasteiger partial charge in [-0.1, -0.05) is 24.3 Å². The van der Waals surface area contributed by atoms with Gasteiger partial charge in [0.25, 0.3) is 5.91 Å². The third-order valence-corrected chi connectivity index (χ3v) is 6.47. The number of benzene rings is 1. The molecular formula is C26H35N3O6. The fourth-order valence-corrected chi connectivity index (χ4v) is 4.86. The molecule has 0 bridgehead atoms. The van der Waals surface area contributed by atoms with Gasteiger partial charge in [0.05, 0.1) is 0 Å². The number of fused-ring (bicyclic) bond motifs is 1. The minimum Gasteiger partial charge on any atom is -0.481 e. The Morgan fingerprint density at radius 2 is 2.03 bits per heavy atom. The van der Waals surface area contributed by atoms with Crippen LogP contribution in [0.1, 0.15) is 74.4 Å². The number of nitrogens with two attached hydrogens (primary N) is 1. The lowest BCUT2D eigenvalue weighted by Crippen LogP contribution is -2.45. The Morgan fingerprint density at radius 1 is 1.31 bits per heavy atom. The molecule has 35 heavy (non-hydrogen) atoms. The van der Waals surface area contributed by atoms with Gasteiger partial charge in [0.2, 0.25) is 5.91 Å². The van der Waals surface area contributed by atoms with E-state index in [0.29, 0.717) is 12.0 Å². The number of nitrogens with one attached hydrogen (secondary N) is 1. The van der Waals surface area contributed by atoms with Crippen LogP contribution in [0.4, 0.5) is 4.79 Å². The Hall–Kier alpha value is -3.36. The SMILES string of the molecule is C=C1CC[C@H](NC(=O)OC(C)(C)C)[C@@H](Cc2ccc3c(c2)CN([C@@H](CCC(=O)O)C(N)=O)C3=O)C1. The number of ether oxygens (including phenoxy) is 1. The van der Waals surface area contributed by atoms with Crippen LogP contribution < -0.4 is 11.1 Å². The highest BCUT2D eigenvalue weighted by Gasteiger charge is 2.36. The molecule has 3 atom stereocenters. The van der Waals surface area contributed by atoms with Gasteiger partial charge in [-0.15, -0.1) is 0 Å². The van der Waals surface area contributed by atoms with Crippen molar-refractivity contribution in [3.05, 3.63) is 47.0 Å². The molecule has 1 aromatic carbocycles. The van der Waals surface area contributed by atoms with E-state index >= 15 is 0 Å². The van der Waals surface area contributed by atoms with Crippen molar-refractivity contribution in [2.75, 3.05) is 0 Å². The average molecular weight is 486 g/mol. The lowest BCUT2D eigenvalue weighted by Gasteiger charge is -2.34. The molecule has 3 rings (SSSR count). The second-order valence-corrected chi connectivity index (χ2v) is 10.5. The molecule has 3 amide bonds. The van der Waals surface area contributed by atoms with Crippen LogP contribution in [-0.4, -0.2) is 51.6 Å². The first-order valence-electron chi connectivity index (χ1n) is 11.9. The van der Waals surface area contributed by atoms with E-state index in [2.05, 4.69) is 11.9 Å². The van der Waals surface area contributed by atoms with Crippen molar-refractivity contribution >= 4 is 23.9 Å². The van der Waals surface area contributed by atoms with Gasteiger partial charge >= 0.3 is 12.1 Å². The van der Waals surface area contributed by atoms with Crippen LogP contribution in [0.5, 0.6) is 0 Å². The zero-order valence-electron chi connectivity index (χ0n) is 20.6. The number of carboxylic acid groups (broad SMARTS) is 1. The molecule has 1 saturated carbocycles. The lowest BCUT2D eigenvalue weighted by atomic mass is 9.78. The summed E-state index contributed by atoms with van der Waals surface area (Å²) in [5.41, 5.74) is 8.32. The summed E-state index contributed by atoms with van der Waals surface area (Å²) >= 11 is 0.